The zero-order chi connectivity index (χ0) is 26.7. The number of nitrogens with zero attached hydrogens (tertiary/aromatic N) is 4. The predicted molar refractivity (Wildman–Crippen MR) is 122 cm³/mol. The summed E-state index contributed by atoms with van der Waals surface area (Å²) in [4.78, 5) is 34.2. The van der Waals surface area contributed by atoms with Gasteiger partial charge in [0.05, 0.1) is 36.9 Å². The van der Waals surface area contributed by atoms with Crippen molar-refractivity contribution in [3.63, 3.8) is 0 Å². The molecule has 196 valence electrons. The molecule has 13 heteroatoms. The number of carbonyl (C=O) groups is 2. The molecule has 1 aliphatic rings. The molecule has 37 heavy (non-hydrogen) atoms. The number of pyridine rings is 1. The van der Waals surface area contributed by atoms with Crippen LogP contribution >= 0.6 is 0 Å². The summed E-state index contributed by atoms with van der Waals surface area (Å²) in [7, 11) is 0. The molecular weight excluding hydrogens is 498 g/mol. The zero-order valence-electron chi connectivity index (χ0n) is 19.6. The number of carbonyl (C=O) groups excluding carboxylic acids is 2. The van der Waals surface area contributed by atoms with E-state index in [2.05, 4.69) is 14.7 Å². The van der Waals surface area contributed by atoms with E-state index >= 15 is 0 Å². The van der Waals surface area contributed by atoms with Gasteiger partial charge in [0.25, 0.3) is 5.91 Å². The number of likely N-dealkylation sites (tertiary alicyclic amines) is 1. The summed E-state index contributed by atoms with van der Waals surface area (Å²) in [6.45, 7) is 1.73. The topological polar surface area (TPSA) is 113 Å². The second kappa shape index (κ2) is 10.4. The van der Waals surface area contributed by atoms with E-state index in [0.717, 1.165) is 17.8 Å². The molecule has 0 spiro atoms. The minimum atomic E-state index is -4.81. The van der Waals surface area contributed by atoms with Gasteiger partial charge in [-0.05, 0) is 30.7 Å². The number of aromatic nitrogens is 3. The van der Waals surface area contributed by atoms with Crippen LogP contribution in [0.5, 0.6) is 11.6 Å². The smallest absolute Gasteiger partial charge is 0.471 e. The number of benzene rings is 1. The van der Waals surface area contributed by atoms with Crippen molar-refractivity contribution < 1.29 is 36.6 Å². The number of nitrogens with two attached hydrogens (primary N) is 1. The largest absolute Gasteiger partial charge is 0.573 e. The van der Waals surface area contributed by atoms with Crippen LogP contribution in [0, 0.1) is 6.92 Å². The highest BCUT2D eigenvalue weighted by Crippen LogP contribution is 2.26. The fourth-order valence-electron chi connectivity index (χ4n) is 3.90. The van der Waals surface area contributed by atoms with Crippen LogP contribution in [0.15, 0.2) is 49.1 Å². The first-order valence-corrected chi connectivity index (χ1v) is 11.2. The van der Waals surface area contributed by atoms with Crippen molar-refractivity contribution >= 4 is 11.8 Å². The molecule has 2 amide bonds. The highest BCUT2D eigenvalue weighted by Gasteiger charge is 2.34. The van der Waals surface area contributed by atoms with Crippen LogP contribution < -0.4 is 15.2 Å². The van der Waals surface area contributed by atoms with E-state index in [9.17, 15) is 27.2 Å². The van der Waals surface area contributed by atoms with Crippen LogP contribution in [0.4, 0.5) is 17.6 Å². The molecule has 1 saturated heterocycles. The van der Waals surface area contributed by atoms with Gasteiger partial charge >= 0.3 is 6.36 Å². The van der Waals surface area contributed by atoms with Crippen LogP contribution in [0.1, 0.15) is 28.0 Å². The number of ether oxygens (including phenoxy) is 2. The average molecular weight is 521 g/mol. The number of piperidine rings is 1. The molecule has 2 unspecified atom stereocenters. The van der Waals surface area contributed by atoms with Gasteiger partial charge < -0.3 is 24.7 Å². The highest BCUT2D eigenvalue weighted by molar-refractivity contribution is 5.95. The number of rotatable bonds is 7. The van der Waals surface area contributed by atoms with Crippen LogP contribution in [0.3, 0.4) is 0 Å². The van der Waals surface area contributed by atoms with Crippen molar-refractivity contribution in [2.24, 2.45) is 5.73 Å². The van der Waals surface area contributed by atoms with Crippen molar-refractivity contribution in [1.82, 2.24) is 19.4 Å². The van der Waals surface area contributed by atoms with E-state index in [0.29, 0.717) is 11.3 Å². The van der Waals surface area contributed by atoms with Gasteiger partial charge in [0.15, 0.2) is 6.17 Å². The third kappa shape index (κ3) is 6.54. The van der Waals surface area contributed by atoms with Crippen LogP contribution in [-0.4, -0.2) is 63.0 Å². The van der Waals surface area contributed by atoms with Gasteiger partial charge in [-0.25, -0.2) is 14.4 Å². The summed E-state index contributed by atoms with van der Waals surface area (Å²) >= 11 is 0. The Balaban J connectivity index is 1.37. The maximum Gasteiger partial charge on any atom is 0.573 e. The third-order valence-corrected chi connectivity index (χ3v) is 5.72. The molecule has 9 nitrogen and oxygen atoms in total. The minimum Gasteiger partial charge on any atom is -0.471 e. The zero-order valence-corrected chi connectivity index (χ0v) is 19.6. The molecule has 2 aromatic heterocycles. The number of alkyl halides is 4. The molecule has 0 aliphatic carbocycles. The molecule has 4 rings (SSSR count). The lowest BCUT2D eigenvalue weighted by Gasteiger charge is -2.34. The maximum absolute atomic E-state index is 15.0. The second-order valence-electron chi connectivity index (χ2n) is 8.50. The molecule has 2 atom stereocenters. The fourth-order valence-corrected chi connectivity index (χ4v) is 3.90. The Hall–Kier alpha value is -4.16. The number of primary amides is 1. The molecule has 3 aromatic rings. The number of hydrogen-bond donors (Lipinski definition) is 1. The van der Waals surface area contributed by atoms with Gasteiger partial charge in [-0.1, -0.05) is 12.1 Å². The van der Waals surface area contributed by atoms with E-state index in [1.54, 1.807) is 24.0 Å². The predicted octanol–water partition coefficient (Wildman–Crippen LogP) is 3.13. The van der Waals surface area contributed by atoms with Crippen molar-refractivity contribution in [3.05, 3.63) is 65.9 Å². The Morgan fingerprint density at radius 2 is 1.92 bits per heavy atom. The molecule has 0 bridgehead atoms. The van der Waals surface area contributed by atoms with Crippen LogP contribution in [-0.2, 0) is 11.2 Å². The fraction of sp³-hybridized carbons (Fsp3) is 0.333. The first-order chi connectivity index (χ1) is 17.5. The number of imidazole rings is 1. The van der Waals surface area contributed by atoms with Crippen molar-refractivity contribution in [2.75, 3.05) is 13.1 Å². The molecule has 0 radical (unpaired) electrons. The van der Waals surface area contributed by atoms with E-state index < -0.39 is 30.3 Å². The van der Waals surface area contributed by atoms with Crippen molar-refractivity contribution in [2.45, 2.75) is 38.4 Å². The Bertz CT molecular complexity index is 1280. The summed E-state index contributed by atoms with van der Waals surface area (Å²) in [5, 5.41) is 0. The lowest BCUT2D eigenvalue weighted by Crippen LogP contribution is -2.49. The third-order valence-electron chi connectivity index (χ3n) is 5.72. The average Bonchev–Trinajstić information content (AvgIpc) is 3.27. The molecular formula is C24H23F4N5O4. The Kier molecular flexibility index (Phi) is 7.32. The van der Waals surface area contributed by atoms with Gasteiger partial charge in [-0.2, -0.15) is 0 Å². The first-order valence-electron chi connectivity index (χ1n) is 11.2. The molecule has 0 saturated carbocycles. The summed E-state index contributed by atoms with van der Waals surface area (Å²) in [6, 6.07) is 6.37. The quantitative estimate of drug-likeness (QED) is 0.478. The van der Waals surface area contributed by atoms with E-state index in [4.69, 9.17) is 10.5 Å². The second-order valence-corrected chi connectivity index (χ2v) is 8.50. The summed E-state index contributed by atoms with van der Waals surface area (Å²) in [5.74, 6) is -1.69. The van der Waals surface area contributed by atoms with Crippen molar-refractivity contribution in [3.8, 4) is 17.3 Å². The lowest BCUT2D eigenvalue weighted by molar-refractivity contribution is -0.274. The Labute approximate surface area is 208 Å². The van der Waals surface area contributed by atoms with Crippen molar-refractivity contribution in [1.29, 1.82) is 0 Å². The number of aryl methyl sites for hydroxylation is 1. The van der Waals surface area contributed by atoms with E-state index in [1.807, 2.05) is 0 Å². The minimum absolute atomic E-state index is 0.0208. The number of hydrogen-bond acceptors (Lipinski definition) is 6. The monoisotopic (exact) mass is 521 g/mol. The SMILES string of the molecule is Cc1cn(-c2cnc(OC3CCN(C(=O)Cc4ccc(OC(F)(F)F)cc4)CC3F)c(C(N)=O)c2)cn1. The Morgan fingerprint density at radius 3 is 2.51 bits per heavy atom. The highest BCUT2D eigenvalue weighted by atomic mass is 19.4. The van der Waals surface area contributed by atoms with E-state index in [1.165, 1.54) is 29.3 Å². The van der Waals surface area contributed by atoms with Crippen LogP contribution in [0.25, 0.3) is 5.69 Å². The van der Waals surface area contributed by atoms with Gasteiger partial charge in [0.2, 0.25) is 11.8 Å². The summed E-state index contributed by atoms with van der Waals surface area (Å²) < 4.78 is 63.0. The molecule has 2 N–H and O–H groups in total. The number of amides is 2. The maximum atomic E-state index is 15.0. The lowest BCUT2D eigenvalue weighted by atomic mass is 10.0. The number of halogens is 4. The molecule has 1 fully saturated rings. The standard InChI is InChI=1S/C24H23F4N5O4/c1-14-11-33(13-31-14)16-9-18(22(29)35)23(30-10-16)36-20-6-7-32(12-19(20)25)21(34)8-15-2-4-17(5-3-15)37-24(26,27)28/h2-5,9-11,13,19-20H,6-8,12H2,1H3,(H2,29,35). The van der Waals surface area contributed by atoms with Gasteiger partial charge in [-0.15, -0.1) is 13.2 Å². The van der Waals surface area contributed by atoms with Crippen LogP contribution in [0.2, 0.25) is 0 Å². The Morgan fingerprint density at radius 1 is 1.19 bits per heavy atom. The van der Waals surface area contributed by atoms with E-state index in [-0.39, 0.29) is 43.3 Å². The molecule has 3 heterocycles. The summed E-state index contributed by atoms with van der Waals surface area (Å²) in [5.41, 5.74) is 7.21. The normalized spacial score (nSPS) is 17.9. The van der Waals surface area contributed by atoms with Gasteiger partial charge in [0, 0.05) is 19.2 Å². The molecule has 1 aromatic carbocycles. The van der Waals surface area contributed by atoms with Gasteiger partial charge in [-0.3, -0.25) is 9.59 Å². The van der Waals surface area contributed by atoms with Gasteiger partial charge in [0.1, 0.15) is 17.4 Å². The molecule has 1 aliphatic heterocycles. The first kappa shape index (κ1) is 25.9. The summed E-state index contributed by atoms with van der Waals surface area (Å²) in [6.07, 6.45) is -2.60.